The predicted molar refractivity (Wildman–Crippen MR) is 99.5 cm³/mol. The molecule has 1 saturated heterocycles. The largest absolute Gasteiger partial charge is 0.338 e. The highest BCUT2D eigenvalue weighted by Gasteiger charge is 2.48. The molecule has 0 spiro atoms. The molecule has 0 radical (unpaired) electrons. The van der Waals surface area contributed by atoms with E-state index in [4.69, 9.17) is 0 Å². The Bertz CT molecular complexity index is 949. The lowest BCUT2D eigenvalue weighted by atomic mass is 9.81. The monoisotopic (exact) mass is 345 g/mol. The number of benzene rings is 2. The molecule has 5 rings (SSSR count). The normalized spacial score (nSPS) is 22.8. The van der Waals surface area contributed by atoms with E-state index >= 15 is 0 Å². The van der Waals surface area contributed by atoms with Crippen LogP contribution in [0, 0.1) is 11.8 Å². The van der Waals surface area contributed by atoms with E-state index in [2.05, 4.69) is 9.97 Å². The zero-order chi connectivity index (χ0) is 17.7. The van der Waals surface area contributed by atoms with Crippen molar-refractivity contribution < 1.29 is 9.59 Å². The molecule has 2 aliphatic rings. The molecule has 2 amide bonds. The first kappa shape index (κ1) is 15.3. The van der Waals surface area contributed by atoms with Crippen LogP contribution >= 0.6 is 0 Å². The van der Waals surface area contributed by atoms with Gasteiger partial charge in [0.25, 0.3) is 0 Å². The molecule has 5 heteroatoms. The number of para-hydroxylation sites is 2. The first-order chi connectivity index (χ1) is 12.7. The van der Waals surface area contributed by atoms with E-state index < -0.39 is 0 Å². The molecule has 0 bridgehead atoms. The average Bonchev–Trinajstić information content (AvgIpc) is 3.22. The molecule has 3 aromatic rings. The van der Waals surface area contributed by atoms with Gasteiger partial charge in [-0.1, -0.05) is 25.0 Å². The summed E-state index contributed by atoms with van der Waals surface area (Å²) < 4.78 is 0. The van der Waals surface area contributed by atoms with Crippen LogP contribution in [-0.4, -0.2) is 21.8 Å². The number of rotatable bonds is 2. The third kappa shape index (κ3) is 2.27. The summed E-state index contributed by atoms with van der Waals surface area (Å²) in [7, 11) is 0. The maximum Gasteiger partial charge on any atom is 0.237 e. The van der Waals surface area contributed by atoms with Crippen LogP contribution in [-0.2, 0) is 9.59 Å². The molecule has 2 aromatic carbocycles. The number of imide groups is 1. The maximum absolute atomic E-state index is 12.7. The van der Waals surface area contributed by atoms with Crippen molar-refractivity contribution >= 4 is 28.5 Å². The van der Waals surface area contributed by atoms with Gasteiger partial charge in [0.15, 0.2) is 0 Å². The van der Waals surface area contributed by atoms with E-state index in [-0.39, 0.29) is 23.7 Å². The number of carbonyl (C=O) groups excluding carboxylic acids is 2. The zero-order valence-corrected chi connectivity index (χ0v) is 14.3. The van der Waals surface area contributed by atoms with Crippen molar-refractivity contribution in [3.63, 3.8) is 0 Å². The van der Waals surface area contributed by atoms with Crippen LogP contribution in [0.1, 0.15) is 25.7 Å². The van der Waals surface area contributed by atoms with Crippen LogP contribution < -0.4 is 4.90 Å². The Morgan fingerprint density at radius 3 is 2.19 bits per heavy atom. The van der Waals surface area contributed by atoms with Gasteiger partial charge in [-0.05, 0) is 49.2 Å². The number of carbonyl (C=O) groups is 2. The minimum atomic E-state index is -0.119. The van der Waals surface area contributed by atoms with E-state index in [0.29, 0.717) is 5.69 Å². The summed E-state index contributed by atoms with van der Waals surface area (Å²) in [6.45, 7) is 0. The van der Waals surface area contributed by atoms with Crippen molar-refractivity contribution in [2.75, 3.05) is 4.90 Å². The average molecular weight is 345 g/mol. The summed E-state index contributed by atoms with van der Waals surface area (Å²) in [4.78, 5) is 34.7. The van der Waals surface area contributed by atoms with Crippen LogP contribution in [0.15, 0.2) is 48.5 Å². The number of aromatic amines is 1. The zero-order valence-electron chi connectivity index (χ0n) is 14.3. The summed E-state index contributed by atoms with van der Waals surface area (Å²) in [5.74, 6) is 0.482. The lowest BCUT2D eigenvalue weighted by Crippen LogP contribution is -2.30. The van der Waals surface area contributed by atoms with Gasteiger partial charge >= 0.3 is 0 Å². The number of aromatic nitrogens is 2. The summed E-state index contributed by atoms with van der Waals surface area (Å²) >= 11 is 0. The summed E-state index contributed by atoms with van der Waals surface area (Å²) in [6.07, 6.45) is 3.75. The molecule has 2 heterocycles. The number of fused-ring (bicyclic) bond motifs is 2. The van der Waals surface area contributed by atoms with Gasteiger partial charge in [-0.3, -0.25) is 14.5 Å². The maximum atomic E-state index is 12.7. The van der Waals surface area contributed by atoms with Crippen molar-refractivity contribution in [2.24, 2.45) is 11.8 Å². The molecule has 0 unspecified atom stereocenters. The van der Waals surface area contributed by atoms with Gasteiger partial charge in [0.2, 0.25) is 11.8 Å². The molecule has 26 heavy (non-hydrogen) atoms. The van der Waals surface area contributed by atoms with Gasteiger partial charge in [-0.2, -0.15) is 0 Å². The van der Waals surface area contributed by atoms with Crippen LogP contribution in [0.4, 0.5) is 5.69 Å². The quantitative estimate of drug-likeness (QED) is 0.716. The van der Waals surface area contributed by atoms with Crippen molar-refractivity contribution in [3.8, 4) is 11.4 Å². The van der Waals surface area contributed by atoms with Gasteiger partial charge < -0.3 is 4.98 Å². The fourth-order valence-electron chi connectivity index (χ4n) is 4.27. The van der Waals surface area contributed by atoms with Crippen LogP contribution in [0.25, 0.3) is 22.4 Å². The number of nitrogens with one attached hydrogen (secondary N) is 1. The van der Waals surface area contributed by atoms with E-state index in [0.717, 1.165) is 48.1 Å². The van der Waals surface area contributed by atoms with Crippen molar-refractivity contribution in [2.45, 2.75) is 25.7 Å². The van der Waals surface area contributed by atoms with Crippen LogP contribution in [0.3, 0.4) is 0 Å². The summed E-state index contributed by atoms with van der Waals surface area (Å²) in [6, 6.07) is 15.4. The van der Waals surface area contributed by atoms with E-state index in [1.807, 2.05) is 48.5 Å². The molecule has 1 saturated carbocycles. The van der Waals surface area contributed by atoms with Crippen molar-refractivity contribution in [3.05, 3.63) is 48.5 Å². The fourth-order valence-corrected chi connectivity index (χ4v) is 4.27. The van der Waals surface area contributed by atoms with Gasteiger partial charge in [0.05, 0.1) is 28.6 Å². The number of nitrogens with zero attached hydrogens (tertiary/aromatic N) is 2. The second-order valence-electron chi connectivity index (χ2n) is 7.16. The van der Waals surface area contributed by atoms with E-state index in [1.165, 1.54) is 4.90 Å². The third-order valence-electron chi connectivity index (χ3n) is 5.63. The third-order valence-corrected chi connectivity index (χ3v) is 5.63. The van der Waals surface area contributed by atoms with E-state index in [9.17, 15) is 9.59 Å². The van der Waals surface area contributed by atoms with Crippen LogP contribution in [0.5, 0.6) is 0 Å². The SMILES string of the molecule is O=C1[C@H]2CCCC[C@H]2C(=O)N1c1ccc(-c2nc3ccccc3[nH]2)cc1. The van der Waals surface area contributed by atoms with E-state index in [1.54, 1.807) is 0 Å². The number of amides is 2. The topological polar surface area (TPSA) is 66.1 Å². The van der Waals surface area contributed by atoms with Gasteiger partial charge in [0, 0.05) is 5.56 Å². The highest BCUT2D eigenvalue weighted by molar-refractivity contribution is 6.22. The van der Waals surface area contributed by atoms with Gasteiger partial charge in [0.1, 0.15) is 5.82 Å². The lowest BCUT2D eigenvalue weighted by molar-refractivity contribution is -0.122. The van der Waals surface area contributed by atoms with Gasteiger partial charge in [-0.15, -0.1) is 0 Å². The molecule has 1 aliphatic carbocycles. The Labute approximate surface area is 151 Å². The minimum Gasteiger partial charge on any atom is -0.338 e. The number of H-pyrrole nitrogens is 1. The number of anilines is 1. The molecular formula is C21H19N3O2. The second kappa shape index (κ2) is 5.80. The molecule has 2 atom stereocenters. The smallest absolute Gasteiger partial charge is 0.237 e. The molecule has 5 nitrogen and oxygen atoms in total. The molecular weight excluding hydrogens is 326 g/mol. The Morgan fingerprint density at radius 1 is 0.885 bits per heavy atom. The van der Waals surface area contributed by atoms with Crippen molar-refractivity contribution in [1.82, 2.24) is 9.97 Å². The molecule has 130 valence electrons. The summed E-state index contributed by atoms with van der Waals surface area (Å²) in [5, 5.41) is 0. The van der Waals surface area contributed by atoms with Gasteiger partial charge in [-0.25, -0.2) is 4.98 Å². The van der Waals surface area contributed by atoms with Crippen LogP contribution in [0.2, 0.25) is 0 Å². The first-order valence-corrected chi connectivity index (χ1v) is 9.15. The lowest BCUT2D eigenvalue weighted by Gasteiger charge is -2.19. The molecule has 1 aliphatic heterocycles. The predicted octanol–water partition coefficient (Wildman–Crippen LogP) is 3.91. The highest BCUT2D eigenvalue weighted by atomic mass is 16.2. The van der Waals surface area contributed by atoms with Crippen molar-refractivity contribution in [1.29, 1.82) is 0 Å². The number of hydrogen-bond acceptors (Lipinski definition) is 3. The number of hydrogen-bond donors (Lipinski definition) is 1. The number of imidazole rings is 1. The summed E-state index contributed by atoms with van der Waals surface area (Å²) in [5.41, 5.74) is 3.50. The molecule has 1 aromatic heterocycles. The standard InChI is InChI=1S/C21H19N3O2/c25-20-15-5-1-2-6-16(15)21(26)24(20)14-11-9-13(10-12-14)19-22-17-7-3-4-8-18(17)23-19/h3-4,7-12,15-16H,1-2,5-6H2,(H,22,23)/t15-,16+. The fraction of sp³-hybridized carbons (Fsp3) is 0.286. The molecule has 2 fully saturated rings. The Hall–Kier alpha value is -2.95. The second-order valence-corrected chi connectivity index (χ2v) is 7.16. The Kier molecular flexibility index (Phi) is 3.42. The molecule has 1 N–H and O–H groups in total. The first-order valence-electron chi connectivity index (χ1n) is 9.15. The Balaban J connectivity index is 1.46. The Morgan fingerprint density at radius 2 is 1.54 bits per heavy atom. The highest BCUT2D eigenvalue weighted by Crippen LogP contribution is 2.40. The minimum absolute atomic E-state index is 0.0313.